The van der Waals surface area contributed by atoms with Crippen molar-refractivity contribution < 1.29 is 9.53 Å². The number of aromatic amines is 1. The maximum atomic E-state index is 10.6. The number of hydrogen-bond acceptors (Lipinski definition) is 3. The highest BCUT2D eigenvalue weighted by Crippen LogP contribution is 2.19. The molecule has 2 heterocycles. The predicted octanol–water partition coefficient (Wildman–Crippen LogP) is 1.38. The maximum absolute atomic E-state index is 10.6. The minimum atomic E-state index is 0.599. The van der Waals surface area contributed by atoms with Gasteiger partial charge in [-0.05, 0) is 6.07 Å². The first-order valence-electron chi connectivity index (χ1n) is 3.81. The van der Waals surface area contributed by atoms with Gasteiger partial charge in [0.2, 0.25) is 0 Å². The van der Waals surface area contributed by atoms with Gasteiger partial charge in [-0.15, -0.1) is 0 Å². The minimum Gasteiger partial charge on any atom is -0.495 e. The van der Waals surface area contributed by atoms with Crippen molar-refractivity contribution in [2.75, 3.05) is 7.11 Å². The van der Waals surface area contributed by atoms with Crippen molar-refractivity contribution in [3.8, 4) is 5.75 Å². The van der Waals surface area contributed by atoms with Gasteiger partial charge < -0.3 is 9.72 Å². The van der Waals surface area contributed by atoms with Crippen molar-refractivity contribution in [1.82, 2.24) is 9.97 Å². The zero-order chi connectivity index (χ0) is 9.26. The van der Waals surface area contributed by atoms with Crippen LogP contribution in [0.15, 0.2) is 18.5 Å². The van der Waals surface area contributed by atoms with Gasteiger partial charge in [0, 0.05) is 17.1 Å². The molecule has 0 radical (unpaired) electrons. The Morgan fingerprint density at radius 2 is 2.46 bits per heavy atom. The zero-order valence-electron chi connectivity index (χ0n) is 7.07. The van der Waals surface area contributed by atoms with Crippen molar-refractivity contribution in [3.63, 3.8) is 0 Å². The molecule has 0 amide bonds. The molecule has 0 spiro atoms. The second-order valence-electron chi connectivity index (χ2n) is 2.63. The number of nitrogens with one attached hydrogen (secondary N) is 1. The number of ether oxygens (including phenoxy) is 1. The van der Waals surface area contributed by atoms with E-state index in [4.69, 9.17) is 4.74 Å². The number of aldehydes is 1. The zero-order valence-corrected chi connectivity index (χ0v) is 7.07. The normalized spacial score (nSPS) is 10.2. The van der Waals surface area contributed by atoms with Crippen LogP contribution in [0, 0.1) is 0 Å². The average Bonchev–Trinajstić information content (AvgIpc) is 2.59. The molecule has 66 valence electrons. The Bertz CT molecular complexity index is 448. The summed E-state index contributed by atoms with van der Waals surface area (Å²) in [5, 5.41) is 0.786. The third-order valence-electron chi connectivity index (χ3n) is 1.90. The van der Waals surface area contributed by atoms with Gasteiger partial charge in [-0.2, -0.15) is 0 Å². The van der Waals surface area contributed by atoms with E-state index in [2.05, 4.69) is 9.97 Å². The Morgan fingerprint density at radius 1 is 1.62 bits per heavy atom. The molecule has 0 aliphatic heterocycles. The van der Waals surface area contributed by atoms with E-state index in [1.165, 1.54) is 0 Å². The van der Waals surface area contributed by atoms with E-state index in [-0.39, 0.29) is 0 Å². The Balaban J connectivity index is 2.71. The molecule has 1 N–H and O–H groups in total. The topological polar surface area (TPSA) is 55.0 Å². The van der Waals surface area contributed by atoms with E-state index in [9.17, 15) is 4.79 Å². The number of hydrogen-bond donors (Lipinski definition) is 1. The lowest BCUT2D eigenvalue weighted by Gasteiger charge is -1.97. The van der Waals surface area contributed by atoms with Crippen LogP contribution in [-0.2, 0) is 0 Å². The Kier molecular flexibility index (Phi) is 1.73. The molecular formula is C9H8N2O2. The van der Waals surface area contributed by atoms with Crippen LogP contribution in [-0.4, -0.2) is 23.4 Å². The quantitative estimate of drug-likeness (QED) is 0.703. The first-order valence-corrected chi connectivity index (χ1v) is 3.81. The summed E-state index contributed by atoms with van der Waals surface area (Å²) in [6.07, 6.45) is 4.03. The van der Waals surface area contributed by atoms with Gasteiger partial charge in [0.05, 0.1) is 13.3 Å². The van der Waals surface area contributed by atoms with Crippen molar-refractivity contribution in [3.05, 3.63) is 24.0 Å². The summed E-state index contributed by atoms with van der Waals surface area (Å²) in [6, 6.07) is 1.78. The molecule has 0 aliphatic rings. The van der Waals surface area contributed by atoms with Crippen molar-refractivity contribution in [1.29, 1.82) is 0 Å². The highest BCUT2D eigenvalue weighted by atomic mass is 16.5. The van der Waals surface area contributed by atoms with Gasteiger partial charge in [-0.1, -0.05) is 0 Å². The molecule has 2 aromatic heterocycles. The molecule has 0 saturated heterocycles. The van der Waals surface area contributed by atoms with Crippen LogP contribution in [0.2, 0.25) is 0 Å². The molecule has 0 bridgehead atoms. The first-order chi connectivity index (χ1) is 6.35. The summed E-state index contributed by atoms with van der Waals surface area (Å²) >= 11 is 0. The maximum Gasteiger partial charge on any atom is 0.152 e. The molecule has 0 unspecified atom stereocenters. The van der Waals surface area contributed by atoms with Gasteiger partial charge in [-0.25, -0.2) is 4.98 Å². The van der Waals surface area contributed by atoms with Gasteiger partial charge in [0.15, 0.2) is 6.29 Å². The molecule has 4 heteroatoms. The van der Waals surface area contributed by atoms with Gasteiger partial charge >= 0.3 is 0 Å². The number of fused-ring (bicyclic) bond motifs is 1. The van der Waals surface area contributed by atoms with Crippen molar-refractivity contribution in [2.45, 2.75) is 0 Å². The highest BCUT2D eigenvalue weighted by Gasteiger charge is 2.04. The van der Waals surface area contributed by atoms with Crippen LogP contribution >= 0.6 is 0 Å². The molecule has 0 saturated carbocycles. The Hall–Kier alpha value is -1.84. The molecule has 13 heavy (non-hydrogen) atoms. The standard InChI is InChI=1S/C9H8N2O2/c1-13-7-2-8-6(5-12)3-10-9(8)11-4-7/h2-5H,1H3,(H,10,11). The molecule has 2 aromatic rings. The molecule has 0 atom stereocenters. The SMILES string of the molecule is COc1cnc2[nH]cc(C=O)c2c1. The Morgan fingerprint density at radius 3 is 3.15 bits per heavy atom. The third-order valence-corrected chi connectivity index (χ3v) is 1.90. The number of pyridine rings is 1. The first kappa shape index (κ1) is 7.79. The van der Waals surface area contributed by atoms with Crippen molar-refractivity contribution >= 4 is 17.3 Å². The third kappa shape index (κ3) is 1.16. The van der Waals surface area contributed by atoms with E-state index in [1.54, 1.807) is 25.6 Å². The molecule has 0 aliphatic carbocycles. The molecule has 0 fully saturated rings. The highest BCUT2D eigenvalue weighted by molar-refractivity contribution is 5.96. The molecule has 4 nitrogen and oxygen atoms in total. The van der Waals surface area contributed by atoms with Crippen LogP contribution < -0.4 is 4.74 Å². The fraction of sp³-hybridized carbons (Fsp3) is 0.111. The number of rotatable bonds is 2. The second-order valence-corrected chi connectivity index (χ2v) is 2.63. The average molecular weight is 176 g/mol. The van der Waals surface area contributed by atoms with E-state index in [1.807, 2.05) is 0 Å². The number of methoxy groups -OCH3 is 1. The predicted molar refractivity (Wildman–Crippen MR) is 48.0 cm³/mol. The van der Waals surface area contributed by atoms with Gasteiger partial charge in [0.25, 0.3) is 0 Å². The van der Waals surface area contributed by atoms with Crippen LogP contribution in [0.3, 0.4) is 0 Å². The van der Waals surface area contributed by atoms with Crippen molar-refractivity contribution in [2.24, 2.45) is 0 Å². The number of carbonyl (C=O) groups is 1. The summed E-state index contributed by atoms with van der Waals surface area (Å²) in [5.41, 5.74) is 1.30. The van der Waals surface area contributed by atoms with Gasteiger partial charge in [0.1, 0.15) is 11.4 Å². The smallest absolute Gasteiger partial charge is 0.152 e. The van der Waals surface area contributed by atoms with Crippen LogP contribution in [0.1, 0.15) is 10.4 Å². The van der Waals surface area contributed by atoms with Crippen LogP contribution in [0.5, 0.6) is 5.75 Å². The lowest BCUT2D eigenvalue weighted by atomic mass is 10.2. The summed E-state index contributed by atoms with van der Waals surface area (Å²) in [6.45, 7) is 0. The largest absolute Gasteiger partial charge is 0.495 e. The lowest BCUT2D eigenvalue weighted by molar-refractivity contribution is 0.112. The van der Waals surface area contributed by atoms with E-state index in [0.717, 1.165) is 11.7 Å². The molecule has 0 aromatic carbocycles. The summed E-state index contributed by atoms with van der Waals surface area (Å²) < 4.78 is 5.00. The second kappa shape index (κ2) is 2.90. The molecular weight excluding hydrogens is 168 g/mol. The number of H-pyrrole nitrogens is 1. The number of nitrogens with zero attached hydrogens (tertiary/aromatic N) is 1. The fourth-order valence-electron chi connectivity index (χ4n) is 1.21. The fourth-order valence-corrected chi connectivity index (χ4v) is 1.21. The lowest BCUT2D eigenvalue weighted by Crippen LogP contribution is -1.85. The summed E-state index contributed by atoms with van der Waals surface area (Å²) in [7, 11) is 1.57. The Labute approximate surface area is 74.5 Å². The van der Waals surface area contributed by atoms with Crippen LogP contribution in [0.25, 0.3) is 11.0 Å². The number of aromatic nitrogens is 2. The van der Waals surface area contributed by atoms with E-state index in [0.29, 0.717) is 17.0 Å². The van der Waals surface area contributed by atoms with Gasteiger partial charge in [-0.3, -0.25) is 4.79 Å². The summed E-state index contributed by atoms with van der Waals surface area (Å²) in [4.78, 5) is 17.6. The molecule has 2 rings (SSSR count). The minimum absolute atomic E-state index is 0.599. The summed E-state index contributed by atoms with van der Waals surface area (Å²) in [5.74, 6) is 0.648. The van der Waals surface area contributed by atoms with Crippen LogP contribution in [0.4, 0.5) is 0 Å². The van der Waals surface area contributed by atoms with E-state index < -0.39 is 0 Å². The number of carbonyl (C=O) groups excluding carboxylic acids is 1. The monoisotopic (exact) mass is 176 g/mol. The van der Waals surface area contributed by atoms with E-state index >= 15 is 0 Å².